The zero-order valence-electron chi connectivity index (χ0n) is 13.6. The van der Waals surface area contributed by atoms with Gasteiger partial charge in [0.25, 0.3) is 5.91 Å². The van der Waals surface area contributed by atoms with E-state index >= 15 is 0 Å². The Morgan fingerprint density at radius 1 is 1.17 bits per heavy atom. The molecule has 0 aliphatic heterocycles. The Bertz CT molecular complexity index is 838. The van der Waals surface area contributed by atoms with Gasteiger partial charge in [0.05, 0.1) is 13.7 Å². The van der Waals surface area contributed by atoms with Crippen LogP contribution in [0, 0.1) is 6.92 Å². The predicted molar refractivity (Wildman–Crippen MR) is 90.8 cm³/mol. The van der Waals surface area contributed by atoms with Crippen LogP contribution in [0.3, 0.4) is 0 Å². The number of carbonyl (C=O) groups is 1. The van der Waals surface area contributed by atoms with Gasteiger partial charge in [0.1, 0.15) is 11.4 Å². The van der Waals surface area contributed by atoms with Crippen molar-refractivity contribution in [1.29, 1.82) is 0 Å². The largest absolute Gasteiger partial charge is 0.497 e. The summed E-state index contributed by atoms with van der Waals surface area (Å²) in [6.45, 7) is 2.20. The van der Waals surface area contributed by atoms with Gasteiger partial charge in [0.2, 0.25) is 0 Å². The monoisotopic (exact) mass is 322 g/mol. The van der Waals surface area contributed by atoms with Crippen molar-refractivity contribution in [2.45, 2.75) is 13.5 Å². The number of rotatable bonds is 5. The van der Waals surface area contributed by atoms with E-state index in [4.69, 9.17) is 9.26 Å². The molecule has 2 aromatic carbocycles. The lowest BCUT2D eigenvalue weighted by molar-refractivity contribution is 0.0946. The van der Waals surface area contributed by atoms with E-state index in [-0.39, 0.29) is 12.5 Å². The highest BCUT2D eigenvalue weighted by Gasteiger charge is 2.11. The number of nitrogens with one attached hydrogen (secondary N) is 1. The standard InChI is InChI=1S/C19H18N2O3/c1-13-5-3-4-6-17(13)19(22)20-12-16-11-18(21-24-16)14-7-9-15(23-2)10-8-14/h3-11H,12H2,1-2H3,(H,20,22). The highest BCUT2D eigenvalue weighted by atomic mass is 16.5. The van der Waals surface area contributed by atoms with Gasteiger partial charge in [-0.3, -0.25) is 4.79 Å². The van der Waals surface area contributed by atoms with E-state index in [0.29, 0.717) is 11.3 Å². The summed E-state index contributed by atoms with van der Waals surface area (Å²) in [5, 5.41) is 6.89. The normalized spacial score (nSPS) is 10.4. The summed E-state index contributed by atoms with van der Waals surface area (Å²) in [6.07, 6.45) is 0. The highest BCUT2D eigenvalue weighted by Crippen LogP contribution is 2.22. The van der Waals surface area contributed by atoms with Crippen LogP contribution in [0.25, 0.3) is 11.3 Å². The van der Waals surface area contributed by atoms with Gasteiger partial charge in [0, 0.05) is 17.2 Å². The van der Waals surface area contributed by atoms with E-state index in [1.165, 1.54) is 0 Å². The lowest BCUT2D eigenvalue weighted by Gasteiger charge is -2.05. The number of nitrogens with zero attached hydrogens (tertiary/aromatic N) is 1. The molecule has 1 N–H and O–H groups in total. The Balaban J connectivity index is 1.66. The minimum Gasteiger partial charge on any atom is -0.497 e. The number of hydrogen-bond acceptors (Lipinski definition) is 4. The number of carbonyl (C=O) groups excluding carboxylic acids is 1. The van der Waals surface area contributed by atoms with Crippen molar-refractivity contribution in [3.63, 3.8) is 0 Å². The molecule has 0 aliphatic rings. The molecule has 1 heterocycles. The zero-order chi connectivity index (χ0) is 16.9. The van der Waals surface area contributed by atoms with Crippen LogP contribution in [0.2, 0.25) is 0 Å². The lowest BCUT2D eigenvalue weighted by atomic mass is 10.1. The quantitative estimate of drug-likeness (QED) is 0.779. The van der Waals surface area contributed by atoms with Gasteiger partial charge < -0.3 is 14.6 Å². The van der Waals surface area contributed by atoms with Gasteiger partial charge in [0.15, 0.2) is 5.76 Å². The third kappa shape index (κ3) is 3.46. The van der Waals surface area contributed by atoms with Crippen molar-refractivity contribution < 1.29 is 14.1 Å². The highest BCUT2D eigenvalue weighted by molar-refractivity contribution is 5.95. The summed E-state index contributed by atoms with van der Waals surface area (Å²) in [7, 11) is 1.63. The van der Waals surface area contributed by atoms with E-state index in [2.05, 4.69) is 10.5 Å². The second-order valence-corrected chi connectivity index (χ2v) is 5.40. The fraction of sp³-hybridized carbons (Fsp3) is 0.158. The second kappa shape index (κ2) is 7.00. The van der Waals surface area contributed by atoms with E-state index in [1.807, 2.05) is 55.5 Å². The Morgan fingerprint density at radius 2 is 1.92 bits per heavy atom. The molecule has 0 aliphatic carbocycles. The van der Waals surface area contributed by atoms with Crippen LogP contribution >= 0.6 is 0 Å². The number of methoxy groups -OCH3 is 1. The van der Waals surface area contributed by atoms with Gasteiger partial charge in [-0.05, 0) is 42.8 Å². The SMILES string of the molecule is COc1ccc(-c2cc(CNC(=O)c3ccccc3C)on2)cc1. The second-order valence-electron chi connectivity index (χ2n) is 5.40. The van der Waals surface area contributed by atoms with Crippen molar-refractivity contribution in [2.75, 3.05) is 7.11 Å². The van der Waals surface area contributed by atoms with E-state index in [9.17, 15) is 4.79 Å². The third-order valence-electron chi connectivity index (χ3n) is 3.76. The summed E-state index contributed by atoms with van der Waals surface area (Å²) >= 11 is 0. The average molecular weight is 322 g/mol. The maximum Gasteiger partial charge on any atom is 0.251 e. The van der Waals surface area contributed by atoms with Gasteiger partial charge >= 0.3 is 0 Å². The van der Waals surface area contributed by atoms with Crippen LogP contribution in [-0.4, -0.2) is 18.2 Å². The zero-order valence-corrected chi connectivity index (χ0v) is 13.6. The summed E-state index contributed by atoms with van der Waals surface area (Å²) in [5.74, 6) is 1.26. The topological polar surface area (TPSA) is 64.4 Å². The molecule has 0 saturated carbocycles. The molecular formula is C19H18N2O3. The molecule has 3 aromatic rings. The molecular weight excluding hydrogens is 304 g/mol. The molecule has 5 nitrogen and oxygen atoms in total. The maximum atomic E-state index is 12.2. The Hall–Kier alpha value is -3.08. The number of ether oxygens (including phenoxy) is 1. The molecule has 0 fully saturated rings. The Labute approximate surface area is 140 Å². The van der Waals surface area contributed by atoms with Crippen molar-refractivity contribution in [1.82, 2.24) is 10.5 Å². The maximum absolute atomic E-state index is 12.2. The molecule has 1 aromatic heterocycles. The molecule has 5 heteroatoms. The summed E-state index contributed by atoms with van der Waals surface area (Å²) in [6, 6.07) is 16.8. The van der Waals surface area contributed by atoms with Crippen LogP contribution < -0.4 is 10.1 Å². The number of hydrogen-bond donors (Lipinski definition) is 1. The molecule has 0 bridgehead atoms. The molecule has 0 spiro atoms. The van der Waals surface area contributed by atoms with E-state index in [0.717, 1.165) is 22.6 Å². The molecule has 24 heavy (non-hydrogen) atoms. The molecule has 0 radical (unpaired) electrons. The first-order valence-electron chi connectivity index (χ1n) is 7.61. The summed E-state index contributed by atoms with van der Waals surface area (Å²) in [4.78, 5) is 12.2. The summed E-state index contributed by atoms with van der Waals surface area (Å²) in [5.41, 5.74) is 3.24. The average Bonchev–Trinajstić information content (AvgIpc) is 3.09. The Kier molecular flexibility index (Phi) is 4.61. The van der Waals surface area contributed by atoms with Gasteiger partial charge in [-0.1, -0.05) is 23.4 Å². The van der Waals surface area contributed by atoms with Gasteiger partial charge in [-0.25, -0.2) is 0 Å². The molecule has 1 amide bonds. The number of aromatic nitrogens is 1. The minimum atomic E-state index is -0.129. The van der Waals surface area contributed by atoms with Crippen molar-refractivity contribution >= 4 is 5.91 Å². The third-order valence-corrected chi connectivity index (χ3v) is 3.76. The molecule has 0 unspecified atom stereocenters. The predicted octanol–water partition coefficient (Wildman–Crippen LogP) is 3.59. The number of amides is 1. The van der Waals surface area contributed by atoms with Crippen molar-refractivity contribution in [3.05, 3.63) is 71.5 Å². The first kappa shape index (κ1) is 15.8. The smallest absolute Gasteiger partial charge is 0.251 e. The fourth-order valence-corrected chi connectivity index (χ4v) is 2.38. The van der Waals surface area contributed by atoms with Gasteiger partial charge in [-0.2, -0.15) is 0 Å². The first-order chi connectivity index (χ1) is 11.7. The summed E-state index contributed by atoms with van der Waals surface area (Å²) < 4.78 is 10.4. The number of aryl methyl sites for hydroxylation is 1. The van der Waals surface area contributed by atoms with Crippen molar-refractivity contribution in [3.8, 4) is 17.0 Å². The van der Waals surface area contributed by atoms with E-state index < -0.39 is 0 Å². The van der Waals surface area contributed by atoms with Crippen LogP contribution in [0.15, 0.2) is 59.1 Å². The van der Waals surface area contributed by atoms with Crippen molar-refractivity contribution in [2.24, 2.45) is 0 Å². The minimum absolute atomic E-state index is 0.129. The fourth-order valence-electron chi connectivity index (χ4n) is 2.38. The van der Waals surface area contributed by atoms with Crippen LogP contribution in [0.5, 0.6) is 5.75 Å². The van der Waals surface area contributed by atoms with E-state index in [1.54, 1.807) is 13.2 Å². The van der Waals surface area contributed by atoms with Crippen LogP contribution in [-0.2, 0) is 6.54 Å². The Morgan fingerprint density at radius 3 is 2.62 bits per heavy atom. The van der Waals surface area contributed by atoms with Gasteiger partial charge in [-0.15, -0.1) is 0 Å². The molecule has 0 atom stereocenters. The van der Waals surface area contributed by atoms with Crippen LogP contribution in [0.4, 0.5) is 0 Å². The first-order valence-corrected chi connectivity index (χ1v) is 7.61. The molecule has 3 rings (SSSR count). The molecule has 0 saturated heterocycles. The van der Waals surface area contributed by atoms with Crippen LogP contribution in [0.1, 0.15) is 21.7 Å². The molecule has 122 valence electrons. The lowest BCUT2D eigenvalue weighted by Crippen LogP contribution is -2.23. The number of benzene rings is 2.